The van der Waals surface area contributed by atoms with Crippen molar-refractivity contribution in [3.05, 3.63) is 71.1 Å². The lowest BCUT2D eigenvalue weighted by atomic mass is 10.0. The molecular weight excluding hydrogens is 396 g/mol. The molecule has 0 unspecified atom stereocenters. The van der Waals surface area contributed by atoms with Crippen molar-refractivity contribution in [2.24, 2.45) is 4.99 Å². The van der Waals surface area contributed by atoms with Crippen molar-refractivity contribution in [3.63, 3.8) is 0 Å². The van der Waals surface area contributed by atoms with E-state index in [9.17, 15) is 4.79 Å². The average Bonchev–Trinajstić information content (AvgIpc) is 2.79. The molecule has 1 heterocycles. The van der Waals surface area contributed by atoms with Gasteiger partial charge in [0.25, 0.3) is 5.91 Å². The van der Waals surface area contributed by atoms with Gasteiger partial charge in [0.1, 0.15) is 11.7 Å². The number of hydrogen-bond donors (Lipinski definition) is 1. The van der Waals surface area contributed by atoms with E-state index in [0.717, 1.165) is 60.7 Å². The van der Waals surface area contributed by atoms with E-state index in [-0.39, 0.29) is 5.91 Å². The standard InChI is InChI=1S/C15H23NO.C12H17N3/c1-5-9-16(10-6-2)15(17)14-11-12(3)7-8-13(14)4;1-4-10(2)9-14-11(3)15-12-7-5-6-8-13-12/h7-8,11H,5-6,9-10H2,1-4H3;5-9H,4H2,1-3H3,(H,13,14,15)/b;10-9-. The third-order valence-electron chi connectivity index (χ3n) is 4.91. The number of pyridine rings is 1. The van der Waals surface area contributed by atoms with Crippen molar-refractivity contribution in [2.45, 2.75) is 67.7 Å². The van der Waals surface area contributed by atoms with Gasteiger partial charge in [-0.1, -0.05) is 50.1 Å². The third kappa shape index (κ3) is 9.90. The minimum absolute atomic E-state index is 0.176. The van der Waals surface area contributed by atoms with Crippen molar-refractivity contribution < 1.29 is 4.79 Å². The van der Waals surface area contributed by atoms with Crippen LogP contribution >= 0.6 is 0 Å². The minimum atomic E-state index is 0.176. The zero-order valence-corrected chi connectivity index (χ0v) is 20.9. The van der Waals surface area contributed by atoms with Gasteiger partial charge in [-0.25, -0.2) is 9.98 Å². The lowest BCUT2D eigenvalue weighted by Gasteiger charge is -2.22. The highest BCUT2D eigenvalue weighted by Crippen LogP contribution is 2.14. The fourth-order valence-electron chi connectivity index (χ4n) is 2.94. The number of amides is 1. The normalized spacial score (nSPS) is 11.5. The minimum Gasteiger partial charge on any atom is -0.339 e. The summed E-state index contributed by atoms with van der Waals surface area (Å²) in [6, 6.07) is 11.8. The van der Waals surface area contributed by atoms with Gasteiger partial charge in [0.15, 0.2) is 0 Å². The molecule has 1 aromatic heterocycles. The van der Waals surface area contributed by atoms with E-state index in [1.807, 2.05) is 62.2 Å². The molecule has 0 radical (unpaired) electrons. The molecule has 1 amide bonds. The molecule has 0 saturated heterocycles. The number of carbonyl (C=O) groups is 1. The highest BCUT2D eigenvalue weighted by molar-refractivity contribution is 5.95. The number of nitrogens with one attached hydrogen (secondary N) is 1. The van der Waals surface area contributed by atoms with E-state index < -0.39 is 0 Å². The second kappa shape index (κ2) is 15.0. The van der Waals surface area contributed by atoms with Crippen LogP contribution in [0.5, 0.6) is 0 Å². The van der Waals surface area contributed by atoms with Crippen LogP contribution in [0, 0.1) is 13.8 Å². The van der Waals surface area contributed by atoms with Crippen LogP contribution in [0.3, 0.4) is 0 Å². The fourth-order valence-corrected chi connectivity index (χ4v) is 2.94. The van der Waals surface area contributed by atoms with Crippen LogP contribution in [-0.2, 0) is 0 Å². The summed E-state index contributed by atoms with van der Waals surface area (Å²) in [5.74, 6) is 1.85. The van der Waals surface area contributed by atoms with Crippen molar-refractivity contribution in [1.82, 2.24) is 9.88 Å². The second-order valence-electron chi connectivity index (χ2n) is 7.99. The molecule has 0 aliphatic carbocycles. The Morgan fingerprint density at radius 2 is 1.75 bits per heavy atom. The SMILES string of the molecule is CC/C(C)=C\N=C(C)Nc1ccccn1.CCCN(CCC)C(=O)c1cc(C)ccc1C. The first-order valence-corrected chi connectivity index (χ1v) is 11.6. The topological polar surface area (TPSA) is 57.6 Å². The molecular formula is C27H40N4O. The van der Waals surface area contributed by atoms with Crippen LogP contribution in [-0.4, -0.2) is 34.7 Å². The van der Waals surface area contributed by atoms with Gasteiger partial charge in [-0.3, -0.25) is 4.79 Å². The number of anilines is 1. The molecule has 5 heteroatoms. The molecule has 0 aliphatic rings. The summed E-state index contributed by atoms with van der Waals surface area (Å²) in [6.45, 7) is 16.1. The maximum Gasteiger partial charge on any atom is 0.254 e. The summed E-state index contributed by atoms with van der Waals surface area (Å²) in [5.41, 5.74) is 4.33. The first-order valence-electron chi connectivity index (χ1n) is 11.6. The number of allylic oxidation sites excluding steroid dienone is 1. The first kappa shape index (κ1) is 27.1. The molecule has 2 aromatic rings. The molecule has 5 nitrogen and oxygen atoms in total. The molecule has 1 aromatic carbocycles. The van der Waals surface area contributed by atoms with E-state index in [1.54, 1.807) is 6.20 Å². The molecule has 174 valence electrons. The number of hydrogen-bond acceptors (Lipinski definition) is 3. The predicted molar refractivity (Wildman–Crippen MR) is 137 cm³/mol. The number of nitrogens with zero attached hydrogens (tertiary/aromatic N) is 3. The van der Waals surface area contributed by atoms with Gasteiger partial charge in [-0.05, 0) is 70.7 Å². The summed E-state index contributed by atoms with van der Waals surface area (Å²) < 4.78 is 0. The Morgan fingerprint density at radius 1 is 1.06 bits per heavy atom. The Morgan fingerprint density at radius 3 is 2.31 bits per heavy atom. The van der Waals surface area contributed by atoms with Crippen LogP contribution in [0.25, 0.3) is 0 Å². The van der Waals surface area contributed by atoms with E-state index >= 15 is 0 Å². The number of benzene rings is 1. The predicted octanol–water partition coefficient (Wildman–Crippen LogP) is 6.79. The van der Waals surface area contributed by atoms with Gasteiger partial charge in [-0.15, -0.1) is 0 Å². The lowest BCUT2D eigenvalue weighted by Crippen LogP contribution is -2.33. The van der Waals surface area contributed by atoms with E-state index in [1.165, 1.54) is 5.57 Å². The fraction of sp³-hybridized carbons (Fsp3) is 0.444. The van der Waals surface area contributed by atoms with Gasteiger partial charge in [-0.2, -0.15) is 0 Å². The summed E-state index contributed by atoms with van der Waals surface area (Å²) in [4.78, 5) is 22.8. The van der Waals surface area contributed by atoms with Crippen molar-refractivity contribution in [2.75, 3.05) is 18.4 Å². The quantitative estimate of drug-likeness (QED) is 0.366. The maximum atomic E-state index is 12.4. The van der Waals surface area contributed by atoms with E-state index in [2.05, 4.69) is 49.1 Å². The smallest absolute Gasteiger partial charge is 0.254 e. The lowest BCUT2D eigenvalue weighted by molar-refractivity contribution is 0.0754. The first-order chi connectivity index (χ1) is 15.3. The monoisotopic (exact) mass is 436 g/mol. The number of aromatic nitrogens is 1. The summed E-state index contributed by atoms with van der Waals surface area (Å²) in [6.07, 6.45) is 6.68. The highest BCUT2D eigenvalue weighted by Gasteiger charge is 2.16. The highest BCUT2D eigenvalue weighted by atomic mass is 16.2. The molecule has 0 spiro atoms. The number of amidine groups is 1. The molecule has 0 saturated carbocycles. The van der Waals surface area contributed by atoms with Crippen molar-refractivity contribution in [3.8, 4) is 0 Å². The molecule has 2 rings (SSSR count). The zero-order valence-electron chi connectivity index (χ0n) is 20.9. The van der Waals surface area contributed by atoms with Gasteiger partial charge in [0.2, 0.25) is 0 Å². The van der Waals surface area contributed by atoms with Crippen molar-refractivity contribution in [1.29, 1.82) is 0 Å². The van der Waals surface area contributed by atoms with Crippen LogP contribution in [0.1, 0.15) is 75.4 Å². The van der Waals surface area contributed by atoms with Crippen LogP contribution < -0.4 is 5.32 Å². The van der Waals surface area contributed by atoms with E-state index in [4.69, 9.17) is 0 Å². The summed E-state index contributed by atoms with van der Waals surface area (Å²) in [5, 5.41) is 3.12. The third-order valence-corrected chi connectivity index (χ3v) is 4.91. The van der Waals surface area contributed by atoms with Gasteiger partial charge < -0.3 is 10.2 Å². The van der Waals surface area contributed by atoms with Crippen molar-refractivity contribution >= 4 is 17.6 Å². The number of aryl methyl sites for hydroxylation is 2. The Balaban J connectivity index is 0.000000323. The average molecular weight is 437 g/mol. The second-order valence-corrected chi connectivity index (χ2v) is 7.99. The Hall–Kier alpha value is -2.95. The van der Waals surface area contributed by atoms with Gasteiger partial charge in [0.05, 0.1) is 0 Å². The maximum absolute atomic E-state index is 12.4. The Kier molecular flexibility index (Phi) is 12.7. The van der Waals surface area contributed by atoms with Crippen LogP contribution in [0.2, 0.25) is 0 Å². The molecule has 32 heavy (non-hydrogen) atoms. The molecule has 0 fully saturated rings. The van der Waals surface area contributed by atoms with Crippen LogP contribution in [0.15, 0.2) is 59.4 Å². The van der Waals surface area contributed by atoms with E-state index in [0.29, 0.717) is 0 Å². The summed E-state index contributed by atoms with van der Waals surface area (Å²) >= 11 is 0. The Bertz CT molecular complexity index is 882. The molecule has 0 bridgehead atoms. The van der Waals surface area contributed by atoms with Gasteiger partial charge >= 0.3 is 0 Å². The number of aliphatic imine (C=N–C) groups is 1. The largest absolute Gasteiger partial charge is 0.339 e. The number of rotatable bonds is 8. The summed E-state index contributed by atoms with van der Waals surface area (Å²) in [7, 11) is 0. The Labute approximate surface area is 194 Å². The number of carbonyl (C=O) groups excluding carboxylic acids is 1. The van der Waals surface area contributed by atoms with Gasteiger partial charge in [0, 0.05) is 31.0 Å². The molecule has 0 atom stereocenters. The molecule has 0 aliphatic heterocycles. The zero-order chi connectivity index (χ0) is 23.9. The molecule has 1 N–H and O–H groups in total. The van der Waals surface area contributed by atoms with Crippen LogP contribution in [0.4, 0.5) is 5.82 Å².